The van der Waals surface area contributed by atoms with E-state index in [0.29, 0.717) is 0 Å². The Morgan fingerprint density at radius 2 is 0.941 bits per heavy atom. The molecule has 0 bridgehead atoms. The maximum atomic E-state index is 12.6. The zero-order valence-electron chi connectivity index (χ0n) is 18.9. The minimum absolute atomic E-state index is 0.0566. The van der Waals surface area contributed by atoms with Crippen LogP contribution in [0, 0.1) is 13.8 Å². The lowest BCUT2D eigenvalue weighted by Crippen LogP contribution is -2.20. The summed E-state index contributed by atoms with van der Waals surface area (Å²) in [5.41, 5.74) is 3.68. The smallest absolute Gasteiger partial charge is 0.265 e. The third-order valence-corrected chi connectivity index (χ3v) is 8.39. The number of fused-ring (bicyclic) bond motifs is 1. The molecule has 0 N–H and O–H groups in total. The van der Waals surface area contributed by atoms with E-state index in [1.54, 1.807) is 24.3 Å². The molecule has 0 aromatic heterocycles. The molecule has 0 unspecified atom stereocenters. The van der Waals surface area contributed by atoms with Gasteiger partial charge in [0.05, 0.1) is 23.0 Å². The van der Waals surface area contributed by atoms with Crippen molar-refractivity contribution in [3.05, 3.63) is 107 Å². The molecule has 1 aliphatic rings. The Kier molecular flexibility index (Phi) is 7.04. The molecule has 8 heteroatoms. The van der Waals surface area contributed by atoms with Crippen LogP contribution in [0.15, 0.2) is 94.7 Å². The topological polar surface area (TPSA) is 86.7 Å². The molecule has 2 atom stereocenters. The van der Waals surface area contributed by atoms with Gasteiger partial charge in [0.25, 0.3) is 20.2 Å². The molecule has 0 fully saturated rings. The van der Waals surface area contributed by atoms with Crippen molar-refractivity contribution < 1.29 is 25.2 Å². The summed E-state index contributed by atoms with van der Waals surface area (Å²) in [7, 11) is -7.79. The molecule has 0 radical (unpaired) electrons. The van der Waals surface area contributed by atoms with Crippen LogP contribution in [-0.4, -0.2) is 30.0 Å². The summed E-state index contributed by atoms with van der Waals surface area (Å²) in [6.07, 6.45) is 3.69. The van der Waals surface area contributed by atoms with E-state index < -0.39 is 20.2 Å². The molecule has 1 aliphatic carbocycles. The van der Waals surface area contributed by atoms with Crippen LogP contribution >= 0.6 is 0 Å². The molecule has 0 amide bonds. The fourth-order valence-electron chi connectivity index (χ4n) is 3.82. The van der Waals surface area contributed by atoms with Crippen molar-refractivity contribution in [2.24, 2.45) is 0 Å². The van der Waals surface area contributed by atoms with Gasteiger partial charge in [0.2, 0.25) is 0 Å². The Morgan fingerprint density at radius 3 is 1.29 bits per heavy atom. The van der Waals surface area contributed by atoms with Crippen LogP contribution in [0.3, 0.4) is 0 Å². The van der Waals surface area contributed by atoms with E-state index in [9.17, 15) is 16.8 Å². The van der Waals surface area contributed by atoms with Gasteiger partial charge in [0, 0.05) is 11.8 Å². The molecular formula is C26H26O6S2. The van der Waals surface area contributed by atoms with Crippen LogP contribution < -0.4 is 0 Å². The molecule has 0 aliphatic heterocycles. The first kappa shape index (κ1) is 24.3. The van der Waals surface area contributed by atoms with Gasteiger partial charge in [0.15, 0.2) is 0 Å². The van der Waals surface area contributed by atoms with Crippen molar-refractivity contribution in [3.8, 4) is 0 Å². The van der Waals surface area contributed by atoms with Crippen molar-refractivity contribution in [1.82, 2.24) is 0 Å². The summed E-state index contributed by atoms with van der Waals surface area (Å²) in [6.45, 7) is 3.65. The van der Waals surface area contributed by atoms with Crippen molar-refractivity contribution in [1.29, 1.82) is 0 Å². The minimum atomic E-state index is -3.89. The second kappa shape index (κ2) is 9.84. The Morgan fingerprint density at radius 1 is 0.588 bits per heavy atom. The normalized spacial score (nSPS) is 17.9. The van der Waals surface area contributed by atoms with Gasteiger partial charge in [-0.1, -0.05) is 71.8 Å². The maximum absolute atomic E-state index is 12.6. The predicted molar refractivity (Wildman–Crippen MR) is 130 cm³/mol. The number of aryl methyl sites for hydroxylation is 2. The van der Waals surface area contributed by atoms with E-state index in [1.807, 2.05) is 50.3 Å². The summed E-state index contributed by atoms with van der Waals surface area (Å²) < 4.78 is 61.1. The Bertz CT molecular complexity index is 1280. The first-order valence-corrected chi connectivity index (χ1v) is 13.7. The zero-order chi connectivity index (χ0) is 24.3. The largest absolute Gasteiger partial charge is 0.297 e. The summed E-state index contributed by atoms with van der Waals surface area (Å²) in [5, 5.41) is 0. The van der Waals surface area contributed by atoms with E-state index >= 15 is 0 Å². The molecule has 34 heavy (non-hydrogen) atoms. The molecule has 6 nitrogen and oxygen atoms in total. The highest BCUT2D eigenvalue weighted by Crippen LogP contribution is 2.35. The third kappa shape index (κ3) is 5.47. The average Bonchev–Trinajstić information content (AvgIpc) is 2.82. The van der Waals surface area contributed by atoms with Crippen LogP contribution in [0.2, 0.25) is 0 Å². The van der Waals surface area contributed by atoms with Gasteiger partial charge in [-0.3, -0.25) is 8.37 Å². The van der Waals surface area contributed by atoms with E-state index in [4.69, 9.17) is 8.37 Å². The quantitative estimate of drug-likeness (QED) is 0.326. The molecule has 0 saturated carbocycles. The van der Waals surface area contributed by atoms with Gasteiger partial charge in [-0.25, -0.2) is 0 Å². The Balaban J connectivity index is 1.47. The van der Waals surface area contributed by atoms with Gasteiger partial charge in [-0.15, -0.1) is 0 Å². The summed E-state index contributed by atoms with van der Waals surface area (Å²) in [6, 6.07) is 20.5. The molecule has 3 aromatic carbocycles. The fourth-order valence-corrected chi connectivity index (χ4v) is 5.69. The minimum Gasteiger partial charge on any atom is -0.265 e. The summed E-state index contributed by atoms with van der Waals surface area (Å²) in [4.78, 5) is 0.220. The van der Waals surface area contributed by atoms with E-state index in [2.05, 4.69) is 0 Å². The van der Waals surface area contributed by atoms with Crippen molar-refractivity contribution in [2.75, 3.05) is 13.2 Å². The second-order valence-electron chi connectivity index (χ2n) is 8.33. The van der Waals surface area contributed by atoms with Crippen LogP contribution in [0.1, 0.15) is 34.1 Å². The lowest BCUT2D eigenvalue weighted by Gasteiger charge is -2.26. The third-order valence-electron chi connectivity index (χ3n) is 5.80. The van der Waals surface area contributed by atoms with Crippen LogP contribution in [0.5, 0.6) is 0 Å². The second-order valence-corrected chi connectivity index (χ2v) is 11.6. The number of hydrogen-bond donors (Lipinski definition) is 0. The SMILES string of the molecule is Cc1ccc(S(=O)(=O)OC[C@H]2C=C[C@H](COS(=O)(=O)c3ccc(C)cc3)c3ccccc32)cc1. The summed E-state index contributed by atoms with van der Waals surface area (Å²) >= 11 is 0. The lowest BCUT2D eigenvalue weighted by molar-refractivity contribution is 0.294. The first-order chi connectivity index (χ1) is 16.2. The van der Waals surface area contributed by atoms with Gasteiger partial charge < -0.3 is 0 Å². The monoisotopic (exact) mass is 498 g/mol. The molecule has 0 saturated heterocycles. The van der Waals surface area contributed by atoms with Crippen molar-refractivity contribution in [3.63, 3.8) is 0 Å². The van der Waals surface area contributed by atoms with Crippen molar-refractivity contribution in [2.45, 2.75) is 35.5 Å². The van der Waals surface area contributed by atoms with Gasteiger partial charge >= 0.3 is 0 Å². The number of benzene rings is 3. The maximum Gasteiger partial charge on any atom is 0.297 e. The molecule has 3 aromatic rings. The van der Waals surface area contributed by atoms with E-state index in [1.165, 1.54) is 24.3 Å². The van der Waals surface area contributed by atoms with Gasteiger partial charge in [-0.2, -0.15) is 16.8 Å². The van der Waals surface area contributed by atoms with Gasteiger partial charge in [0.1, 0.15) is 0 Å². The highest BCUT2D eigenvalue weighted by Gasteiger charge is 2.27. The molecule has 0 spiro atoms. The first-order valence-electron chi connectivity index (χ1n) is 10.8. The van der Waals surface area contributed by atoms with E-state index in [-0.39, 0.29) is 34.8 Å². The predicted octanol–water partition coefficient (Wildman–Crippen LogP) is 4.85. The van der Waals surface area contributed by atoms with Gasteiger partial charge in [-0.05, 0) is 49.2 Å². The highest BCUT2D eigenvalue weighted by atomic mass is 32.2. The number of rotatable bonds is 8. The Hall–Kier alpha value is -2.78. The average molecular weight is 499 g/mol. The van der Waals surface area contributed by atoms with Crippen LogP contribution in [-0.2, 0) is 28.6 Å². The fraction of sp³-hybridized carbons (Fsp3) is 0.231. The van der Waals surface area contributed by atoms with Crippen LogP contribution in [0.25, 0.3) is 0 Å². The molecule has 0 heterocycles. The zero-order valence-corrected chi connectivity index (χ0v) is 20.6. The standard InChI is InChI=1S/C26H26O6S2/c1-19-7-13-23(14-8-19)33(27,28)31-17-21-11-12-22(26-6-4-3-5-25(21)26)18-32-34(29,30)24-15-9-20(2)10-16-24/h3-16,21-22H,17-18H2,1-2H3/t21-,22-/m1/s1. The molecule has 4 rings (SSSR count). The highest BCUT2D eigenvalue weighted by molar-refractivity contribution is 7.87. The molecule has 178 valence electrons. The van der Waals surface area contributed by atoms with Crippen molar-refractivity contribution >= 4 is 20.2 Å². The van der Waals surface area contributed by atoms with E-state index in [0.717, 1.165) is 22.3 Å². The lowest BCUT2D eigenvalue weighted by atomic mass is 9.82. The van der Waals surface area contributed by atoms with Crippen LogP contribution in [0.4, 0.5) is 0 Å². The summed E-state index contributed by atoms with van der Waals surface area (Å²) in [5.74, 6) is -0.581. The number of hydrogen-bond acceptors (Lipinski definition) is 6. The Labute approximate surface area is 201 Å². The molecular weight excluding hydrogens is 472 g/mol.